The van der Waals surface area contributed by atoms with Gasteiger partial charge in [0.2, 0.25) is 0 Å². The van der Waals surface area contributed by atoms with E-state index in [4.69, 9.17) is 4.74 Å². The molecule has 1 aromatic carbocycles. The van der Waals surface area contributed by atoms with Crippen molar-refractivity contribution in [2.75, 3.05) is 6.61 Å². The molecular weight excluding hydrogens is 292 g/mol. The molecule has 1 saturated heterocycles. The Bertz CT molecular complexity index is 558. The second-order valence-corrected chi connectivity index (χ2v) is 5.89. The van der Waals surface area contributed by atoms with E-state index in [0.717, 1.165) is 40.8 Å². The van der Waals surface area contributed by atoms with E-state index in [1.165, 1.54) is 18.4 Å². The van der Waals surface area contributed by atoms with Gasteiger partial charge in [-0.1, -0.05) is 15.9 Å². The maximum Gasteiger partial charge on any atom is 0.107 e. The van der Waals surface area contributed by atoms with Crippen molar-refractivity contribution in [3.05, 3.63) is 28.0 Å². The van der Waals surface area contributed by atoms with Gasteiger partial charge < -0.3 is 9.72 Å². The highest BCUT2D eigenvalue weighted by molar-refractivity contribution is 9.10. The summed E-state index contributed by atoms with van der Waals surface area (Å²) in [7, 11) is 0. The average molecular weight is 309 g/mol. The number of nitrogens with one attached hydrogen (secondary N) is 1. The Hall–Kier alpha value is -0.870. The minimum atomic E-state index is 0.436. The Balaban J connectivity index is 1.78. The van der Waals surface area contributed by atoms with Gasteiger partial charge in [-0.25, -0.2) is 4.98 Å². The first-order chi connectivity index (χ1) is 8.72. The number of benzene rings is 1. The molecule has 3 rings (SSSR count). The molecule has 1 atom stereocenters. The molecule has 0 bridgehead atoms. The van der Waals surface area contributed by atoms with Crippen LogP contribution in [0.25, 0.3) is 11.0 Å². The third kappa shape index (κ3) is 2.45. The molecule has 2 aromatic rings. The van der Waals surface area contributed by atoms with Gasteiger partial charge in [0.1, 0.15) is 5.82 Å². The zero-order valence-corrected chi connectivity index (χ0v) is 12.1. The molecule has 1 unspecified atom stereocenters. The number of hydrogen-bond donors (Lipinski definition) is 1. The summed E-state index contributed by atoms with van der Waals surface area (Å²) in [6, 6.07) is 4.19. The van der Waals surface area contributed by atoms with Gasteiger partial charge in [-0.05, 0) is 43.9 Å². The van der Waals surface area contributed by atoms with E-state index >= 15 is 0 Å². The summed E-state index contributed by atoms with van der Waals surface area (Å²) in [4.78, 5) is 8.09. The van der Waals surface area contributed by atoms with Crippen molar-refractivity contribution in [1.82, 2.24) is 9.97 Å². The number of aromatic nitrogens is 2. The SMILES string of the molecule is Cc1cc(Br)cc2[nH]c(CCC3CCCO3)nc12. The van der Waals surface area contributed by atoms with E-state index in [1.807, 2.05) is 0 Å². The predicted molar refractivity (Wildman–Crippen MR) is 75.8 cm³/mol. The number of aromatic amines is 1. The number of imidazole rings is 1. The number of nitrogens with zero attached hydrogens (tertiary/aromatic N) is 1. The lowest BCUT2D eigenvalue weighted by atomic mass is 10.1. The molecule has 0 radical (unpaired) electrons. The first kappa shape index (κ1) is 12.2. The summed E-state index contributed by atoms with van der Waals surface area (Å²) in [5.74, 6) is 1.07. The van der Waals surface area contributed by atoms with Gasteiger partial charge in [0.15, 0.2) is 0 Å². The number of rotatable bonds is 3. The van der Waals surface area contributed by atoms with Crippen LogP contribution in [0.15, 0.2) is 16.6 Å². The molecular formula is C14H17BrN2O. The normalized spacial score (nSPS) is 19.8. The Morgan fingerprint density at radius 1 is 1.50 bits per heavy atom. The molecule has 4 heteroatoms. The van der Waals surface area contributed by atoms with Crippen LogP contribution in [0.4, 0.5) is 0 Å². The second-order valence-electron chi connectivity index (χ2n) is 4.98. The van der Waals surface area contributed by atoms with Crippen LogP contribution in [-0.4, -0.2) is 22.7 Å². The summed E-state index contributed by atoms with van der Waals surface area (Å²) in [5, 5.41) is 0. The summed E-state index contributed by atoms with van der Waals surface area (Å²) < 4.78 is 6.74. The van der Waals surface area contributed by atoms with Crippen LogP contribution >= 0.6 is 15.9 Å². The van der Waals surface area contributed by atoms with Gasteiger partial charge in [0.25, 0.3) is 0 Å². The third-order valence-corrected chi connectivity index (χ3v) is 3.98. The van der Waals surface area contributed by atoms with Gasteiger partial charge in [-0.15, -0.1) is 0 Å². The number of H-pyrrole nitrogens is 1. The fourth-order valence-corrected chi connectivity index (χ4v) is 3.16. The highest BCUT2D eigenvalue weighted by Gasteiger charge is 2.16. The van der Waals surface area contributed by atoms with Crippen LogP contribution in [-0.2, 0) is 11.2 Å². The maximum absolute atomic E-state index is 5.64. The number of hydrogen-bond acceptors (Lipinski definition) is 2. The van der Waals surface area contributed by atoms with E-state index in [-0.39, 0.29) is 0 Å². The second kappa shape index (κ2) is 5.02. The van der Waals surface area contributed by atoms with E-state index < -0.39 is 0 Å². The standard InChI is InChI=1S/C14H17BrN2O/c1-9-7-10(15)8-12-14(9)17-13(16-12)5-4-11-3-2-6-18-11/h7-8,11H,2-6H2,1H3,(H,16,17). The Morgan fingerprint density at radius 3 is 3.17 bits per heavy atom. The molecule has 3 nitrogen and oxygen atoms in total. The molecule has 1 aromatic heterocycles. The zero-order valence-electron chi connectivity index (χ0n) is 10.5. The topological polar surface area (TPSA) is 37.9 Å². The van der Waals surface area contributed by atoms with Crippen LogP contribution in [0.5, 0.6) is 0 Å². The monoisotopic (exact) mass is 308 g/mol. The van der Waals surface area contributed by atoms with E-state index in [1.54, 1.807) is 0 Å². The van der Waals surface area contributed by atoms with Crippen LogP contribution in [0.2, 0.25) is 0 Å². The summed E-state index contributed by atoms with van der Waals surface area (Å²) in [5.41, 5.74) is 3.41. The number of halogens is 1. The smallest absolute Gasteiger partial charge is 0.107 e. The van der Waals surface area contributed by atoms with Crippen molar-refractivity contribution < 1.29 is 4.74 Å². The molecule has 0 spiro atoms. The summed E-state index contributed by atoms with van der Waals surface area (Å²) in [6.45, 7) is 3.02. The molecule has 1 N–H and O–H groups in total. The first-order valence-electron chi connectivity index (χ1n) is 6.49. The molecule has 1 aliphatic heterocycles. The lowest BCUT2D eigenvalue weighted by molar-refractivity contribution is 0.104. The van der Waals surface area contributed by atoms with Gasteiger partial charge in [-0.3, -0.25) is 0 Å². The Morgan fingerprint density at radius 2 is 2.39 bits per heavy atom. The van der Waals surface area contributed by atoms with Gasteiger partial charge in [0, 0.05) is 17.5 Å². The Kier molecular flexibility index (Phi) is 3.39. The zero-order chi connectivity index (χ0) is 12.5. The van der Waals surface area contributed by atoms with Crippen molar-refractivity contribution in [2.24, 2.45) is 0 Å². The minimum Gasteiger partial charge on any atom is -0.378 e. The fourth-order valence-electron chi connectivity index (χ4n) is 2.59. The minimum absolute atomic E-state index is 0.436. The predicted octanol–water partition coefficient (Wildman–Crippen LogP) is 3.75. The van der Waals surface area contributed by atoms with Crippen molar-refractivity contribution in [1.29, 1.82) is 0 Å². The molecule has 18 heavy (non-hydrogen) atoms. The number of ether oxygens (including phenoxy) is 1. The van der Waals surface area contributed by atoms with Gasteiger partial charge >= 0.3 is 0 Å². The van der Waals surface area contributed by atoms with Gasteiger partial charge in [-0.2, -0.15) is 0 Å². The van der Waals surface area contributed by atoms with Crippen molar-refractivity contribution in [3.63, 3.8) is 0 Å². The lowest BCUT2D eigenvalue weighted by Crippen LogP contribution is -2.06. The number of fused-ring (bicyclic) bond motifs is 1. The van der Waals surface area contributed by atoms with E-state index in [2.05, 4.69) is 45.0 Å². The summed E-state index contributed by atoms with van der Waals surface area (Å²) in [6.07, 6.45) is 4.88. The summed E-state index contributed by atoms with van der Waals surface area (Å²) >= 11 is 3.52. The fraction of sp³-hybridized carbons (Fsp3) is 0.500. The van der Waals surface area contributed by atoms with Gasteiger partial charge in [0.05, 0.1) is 17.1 Å². The maximum atomic E-state index is 5.64. The van der Waals surface area contributed by atoms with Crippen molar-refractivity contribution in [2.45, 2.75) is 38.7 Å². The molecule has 0 aliphatic carbocycles. The van der Waals surface area contributed by atoms with Crippen LogP contribution < -0.4 is 0 Å². The Labute approximate surface area is 115 Å². The largest absolute Gasteiger partial charge is 0.378 e. The van der Waals surface area contributed by atoms with Crippen LogP contribution in [0.1, 0.15) is 30.7 Å². The van der Waals surface area contributed by atoms with Crippen molar-refractivity contribution in [3.8, 4) is 0 Å². The molecule has 0 saturated carbocycles. The molecule has 96 valence electrons. The highest BCUT2D eigenvalue weighted by Crippen LogP contribution is 2.23. The third-order valence-electron chi connectivity index (χ3n) is 3.52. The van der Waals surface area contributed by atoms with E-state index in [9.17, 15) is 0 Å². The van der Waals surface area contributed by atoms with Crippen LogP contribution in [0, 0.1) is 6.92 Å². The molecule has 0 amide bonds. The molecule has 1 aliphatic rings. The number of aryl methyl sites for hydroxylation is 2. The lowest BCUT2D eigenvalue weighted by Gasteiger charge is -2.06. The van der Waals surface area contributed by atoms with E-state index in [0.29, 0.717) is 6.10 Å². The quantitative estimate of drug-likeness (QED) is 0.938. The molecule has 2 heterocycles. The van der Waals surface area contributed by atoms with Crippen LogP contribution in [0.3, 0.4) is 0 Å². The highest BCUT2D eigenvalue weighted by atomic mass is 79.9. The average Bonchev–Trinajstić information content (AvgIpc) is 2.93. The molecule has 1 fully saturated rings. The first-order valence-corrected chi connectivity index (χ1v) is 7.28. The van der Waals surface area contributed by atoms with Crippen molar-refractivity contribution >= 4 is 27.0 Å².